The van der Waals surface area contributed by atoms with E-state index in [1.54, 1.807) is 0 Å². The van der Waals surface area contributed by atoms with Crippen LogP contribution in [0, 0.1) is 0 Å². The van der Waals surface area contributed by atoms with Crippen LogP contribution >= 0.6 is 0 Å². The number of nitrogens with one attached hydrogen (secondary N) is 1. The van der Waals surface area contributed by atoms with E-state index in [9.17, 15) is 4.79 Å². The number of nitrogens with two attached hydrogens (primary N) is 1. The van der Waals surface area contributed by atoms with Crippen LogP contribution in [0.25, 0.3) is 0 Å². The van der Waals surface area contributed by atoms with Gasteiger partial charge in [0.15, 0.2) is 0 Å². The molecule has 1 aromatic rings. The Labute approximate surface area is 102 Å². The minimum atomic E-state index is 0.00146. The molecule has 17 heavy (non-hydrogen) atoms. The van der Waals surface area contributed by atoms with E-state index < -0.39 is 0 Å². The van der Waals surface area contributed by atoms with Crippen LogP contribution in [0.2, 0.25) is 0 Å². The monoisotopic (exact) mass is 236 g/mol. The van der Waals surface area contributed by atoms with E-state index in [1.807, 2.05) is 37.3 Å². The van der Waals surface area contributed by atoms with Gasteiger partial charge in [-0.1, -0.05) is 18.2 Å². The molecule has 0 heterocycles. The predicted molar refractivity (Wildman–Crippen MR) is 67.8 cm³/mol. The highest BCUT2D eigenvalue weighted by molar-refractivity contribution is 5.75. The largest absolute Gasteiger partial charge is 0.493 e. The highest BCUT2D eigenvalue weighted by atomic mass is 16.5. The molecule has 94 valence electrons. The molecule has 1 rings (SSSR count). The number of carbonyl (C=O) groups excluding carboxylic acids is 1. The van der Waals surface area contributed by atoms with Crippen LogP contribution in [0.5, 0.6) is 5.75 Å². The summed E-state index contributed by atoms with van der Waals surface area (Å²) in [6, 6.07) is 9.59. The molecule has 0 radical (unpaired) electrons. The highest BCUT2D eigenvalue weighted by Crippen LogP contribution is 2.08. The van der Waals surface area contributed by atoms with Crippen molar-refractivity contribution in [3.63, 3.8) is 0 Å². The van der Waals surface area contributed by atoms with Crippen LogP contribution in [0.4, 0.5) is 0 Å². The maximum atomic E-state index is 11.4. The first kappa shape index (κ1) is 13.5. The summed E-state index contributed by atoms with van der Waals surface area (Å²) in [4.78, 5) is 11.4. The Hall–Kier alpha value is -1.55. The summed E-state index contributed by atoms with van der Waals surface area (Å²) in [6.07, 6.45) is 1.17. The summed E-state index contributed by atoms with van der Waals surface area (Å²) in [5, 5.41) is 2.80. The van der Waals surface area contributed by atoms with E-state index in [2.05, 4.69) is 5.32 Å². The summed E-state index contributed by atoms with van der Waals surface area (Å²) in [6.45, 7) is 2.94. The van der Waals surface area contributed by atoms with Crippen LogP contribution in [0.1, 0.15) is 19.8 Å². The molecule has 0 aromatic heterocycles. The molecule has 4 nitrogen and oxygen atoms in total. The molecule has 0 saturated heterocycles. The summed E-state index contributed by atoms with van der Waals surface area (Å²) in [5.41, 5.74) is 5.58. The number of amides is 1. The molecule has 1 unspecified atom stereocenters. The van der Waals surface area contributed by atoms with E-state index in [0.717, 1.165) is 12.2 Å². The van der Waals surface area contributed by atoms with E-state index in [-0.39, 0.29) is 11.9 Å². The molecule has 0 spiro atoms. The zero-order valence-electron chi connectivity index (χ0n) is 10.2. The van der Waals surface area contributed by atoms with E-state index in [0.29, 0.717) is 19.6 Å². The lowest BCUT2D eigenvalue weighted by Crippen LogP contribution is -2.29. The maximum Gasteiger partial charge on any atom is 0.223 e. The number of rotatable bonds is 7. The van der Waals surface area contributed by atoms with Crippen LogP contribution in [-0.4, -0.2) is 25.1 Å². The van der Waals surface area contributed by atoms with Gasteiger partial charge in [0.25, 0.3) is 0 Å². The van der Waals surface area contributed by atoms with Gasteiger partial charge in [-0.3, -0.25) is 4.79 Å². The molecular weight excluding hydrogens is 216 g/mol. The maximum absolute atomic E-state index is 11.4. The quantitative estimate of drug-likeness (QED) is 0.750. The molecule has 1 amide bonds. The van der Waals surface area contributed by atoms with Crippen LogP contribution in [0.3, 0.4) is 0 Å². The van der Waals surface area contributed by atoms with E-state index in [4.69, 9.17) is 10.5 Å². The summed E-state index contributed by atoms with van der Waals surface area (Å²) in [5.74, 6) is 0.789. The van der Waals surface area contributed by atoms with Crippen molar-refractivity contribution in [1.29, 1.82) is 0 Å². The molecule has 0 aliphatic carbocycles. The van der Waals surface area contributed by atoms with Gasteiger partial charge in [0, 0.05) is 12.6 Å². The summed E-state index contributed by atoms with van der Waals surface area (Å²) >= 11 is 0. The van der Waals surface area contributed by atoms with Crippen molar-refractivity contribution in [2.75, 3.05) is 13.2 Å². The third-order valence-electron chi connectivity index (χ3n) is 2.26. The molecule has 0 saturated carbocycles. The second kappa shape index (κ2) is 7.68. The molecular formula is C13H20N2O2. The van der Waals surface area contributed by atoms with Gasteiger partial charge >= 0.3 is 0 Å². The Morgan fingerprint density at radius 2 is 2.12 bits per heavy atom. The first-order valence-corrected chi connectivity index (χ1v) is 5.88. The predicted octanol–water partition coefficient (Wildman–Crippen LogP) is 1.31. The highest BCUT2D eigenvalue weighted by Gasteiger charge is 2.02. The van der Waals surface area contributed by atoms with Gasteiger partial charge in [-0.25, -0.2) is 0 Å². The lowest BCUT2D eigenvalue weighted by Gasteiger charge is -2.08. The average molecular weight is 236 g/mol. The minimum Gasteiger partial charge on any atom is -0.493 e. The Morgan fingerprint density at radius 3 is 2.76 bits per heavy atom. The van der Waals surface area contributed by atoms with Crippen LogP contribution < -0.4 is 15.8 Å². The first-order valence-electron chi connectivity index (χ1n) is 5.88. The van der Waals surface area contributed by atoms with Gasteiger partial charge in [0.2, 0.25) is 5.91 Å². The van der Waals surface area contributed by atoms with Crippen molar-refractivity contribution in [3.05, 3.63) is 30.3 Å². The number of carbonyl (C=O) groups is 1. The molecule has 0 fully saturated rings. The fourth-order valence-corrected chi connectivity index (χ4v) is 1.31. The van der Waals surface area contributed by atoms with Gasteiger partial charge in [-0.05, 0) is 25.5 Å². The number of para-hydroxylation sites is 1. The van der Waals surface area contributed by atoms with Crippen molar-refractivity contribution in [1.82, 2.24) is 5.32 Å². The van der Waals surface area contributed by atoms with E-state index in [1.165, 1.54) is 0 Å². The average Bonchev–Trinajstić information content (AvgIpc) is 2.30. The van der Waals surface area contributed by atoms with E-state index >= 15 is 0 Å². The van der Waals surface area contributed by atoms with Crippen molar-refractivity contribution >= 4 is 5.91 Å². The number of hydrogen-bond acceptors (Lipinski definition) is 3. The number of benzene rings is 1. The second-order valence-electron chi connectivity index (χ2n) is 4.03. The van der Waals surface area contributed by atoms with Crippen molar-refractivity contribution < 1.29 is 9.53 Å². The summed E-state index contributed by atoms with van der Waals surface area (Å²) < 4.78 is 5.42. The van der Waals surface area contributed by atoms with Gasteiger partial charge in [-0.15, -0.1) is 0 Å². The zero-order valence-corrected chi connectivity index (χ0v) is 10.2. The standard InChI is InChI=1S/C13H20N2O2/c1-11(14)7-9-15-13(16)8-10-17-12-5-3-2-4-6-12/h2-6,11H,7-10,14H2,1H3,(H,15,16). The topological polar surface area (TPSA) is 64.3 Å². The SMILES string of the molecule is CC(N)CCNC(=O)CCOc1ccccc1. The van der Waals surface area contributed by atoms with Gasteiger partial charge < -0.3 is 15.8 Å². The Morgan fingerprint density at radius 1 is 1.41 bits per heavy atom. The molecule has 0 aliphatic heterocycles. The molecule has 4 heteroatoms. The third-order valence-corrected chi connectivity index (χ3v) is 2.26. The van der Waals surface area contributed by atoms with Gasteiger partial charge in [0.05, 0.1) is 13.0 Å². The Bertz CT molecular complexity index is 325. The number of ether oxygens (including phenoxy) is 1. The second-order valence-corrected chi connectivity index (χ2v) is 4.03. The Balaban J connectivity index is 2.08. The van der Waals surface area contributed by atoms with Crippen molar-refractivity contribution in [3.8, 4) is 5.75 Å². The lowest BCUT2D eigenvalue weighted by molar-refractivity contribution is -0.121. The number of hydrogen-bond donors (Lipinski definition) is 2. The molecule has 1 aromatic carbocycles. The first-order chi connectivity index (χ1) is 8.18. The minimum absolute atomic E-state index is 0.00146. The molecule has 3 N–H and O–H groups in total. The third kappa shape index (κ3) is 6.58. The fourth-order valence-electron chi connectivity index (χ4n) is 1.31. The Kier molecular flexibility index (Phi) is 6.10. The zero-order chi connectivity index (χ0) is 12.5. The van der Waals surface area contributed by atoms with Gasteiger partial charge in [0.1, 0.15) is 5.75 Å². The van der Waals surface area contributed by atoms with Crippen LogP contribution in [-0.2, 0) is 4.79 Å². The van der Waals surface area contributed by atoms with Gasteiger partial charge in [-0.2, -0.15) is 0 Å². The summed E-state index contributed by atoms with van der Waals surface area (Å²) in [7, 11) is 0. The smallest absolute Gasteiger partial charge is 0.223 e. The lowest BCUT2D eigenvalue weighted by atomic mass is 10.2. The van der Waals surface area contributed by atoms with Crippen molar-refractivity contribution in [2.24, 2.45) is 5.73 Å². The molecule has 0 bridgehead atoms. The normalized spacial score (nSPS) is 11.9. The van der Waals surface area contributed by atoms with Crippen molar-refractivity contribution in [2.45, 2.75) is 25.8 Å². The molecule has 0 aliphatic rings. The van der Waals surface area contributed by atoms with Crippen LogP contribution in [0.15, 0.2) is 30.3 Å². The molecule has 1 atom stereocenters. The fraction of sp³-hybridized carbons (Fsp3) is 0.462.